The molecule has 0 fully saturated rings. The number of hydrogen-bond donors (Lipinski definition) is 2. The molecule has 8 heteroatoms. The highest BCUT2D eigenvalue weighted by molar-refractivity contribution is 6.00. The van der Waals surface area contributed by atoms with Crippen molar-refractivity contribution in [1.29, 1.82) is 0 Å². The van der Waals surface area contributed by atoms with E-state index in [1.165, 1.54) is 18.2 Å². The van der Waals surface area contributed by atoms with Gasteiger partial charge in [-0.05, 0) is 52.4 Å². The van der Waals surface area contributed by atoms with E-state index in [2.05, 4.69) is 19.7 Å². The maximum atomic E-state index is 11.9. The fourth-order valence-electron chi connectivity index (χ4n) is 3.16. The predicted molar refractivity (Wildman–Crippen MR) is 131 cm³/mol. The van der Waals surface area contributed by atoms with E-state index in [0.717, 1.165) is 18.4 Å². The Kier molecular flexibility index (Phi) is 16.8. The van der Waals surface area contributed by atoms with Gasteiger partial charge in [-0.25, -0.2) is 0 Å². The summed E-state index contributed by atoms with van der Waals surface area (Å²) in [6.07, 6.45) is 7.98. The van der Waals surface area contributed by atoms with E-state index in [1.807, 2.05) is 13.8 Å². The van der Waals surface area contributed by atoms with Gasteiger partial charge in [0.2, 0.25) is 0 Å². The Bertz CT molecular complexity index is 698. The zero-order valence-electron chi connectivity index (χ0n) is 20.9. The number of allylic oxidation sites excluding steroid dienone is 5. The van der Waals surface area contributed by atoms with Crippen LogP contribution in [0.25, 0.3) is 0 Å². The lowest BCUT2D eigenvalue weighted by Gasteiger charge is -2.26. The first-order chi connectivity index (χ1) is 16.0. The molecule has 34 heavy (non-hydrogen) atoms. The second kappa shape index (κ2) is 17.3. The van der Waals surface area contributed by atoms with Crippen LogP contribution in [0.4, 0.5) is 0 Å². The van der Waals surface area contributed by atoms with Crippen LogP contribution in [0.5, 0.6) is 0 Å². The molecule has 0 saturated carbocycles. The Balaban J connectivity index is 0. The smallest absolute Gasteiger partial charge is 0.324 e. The Morgan fingerprint density at radius 2 is 1.03 bits per heavy atom. The second-order valence-corrected chi connectivity index (χ2v) is 7.47. The largest absolute Gasteiger partial charge is 0.480 e. The lowest BCUT2D eigenvalue weighted by molar-refractivity contribution is -0.172. The third kappa shape index (κ3) is 9.37. The summed E-state index contributed by atoms with van der Waals surface area (Å²) in [4.78, 5) is 46.3. The maximum absolute atomic E-state index is 11.9. The van der Waals surface area contributed by atoms with Gasteiger partial charge < -0.3 is 19.7 Å². The van der Waals surface area contributed by atoms with Gasteiger partial charge in [0.1, 0.15) is 0 Å². The zero-order chi connectivity index (χ0) is 26.8. The molecule has 0 aromatic heterocycles. The minimum absolute atomic E-state index is 0.000694. The highest BCUT2D eigenvalue weighted by Crippen LogP contribution is 2.32. The summed E-state index contributed by atoms with van der Waals surface area (Å²) in [5, 5.41) is 18.3. The molecule has 0 radical (unpaired) electrons. The van der Waals surface area contributed by atoms with Crippen molar-refractivity contribution in [2.45, 2.75) is 66.2 Å². The van der Waals surface area contributed by atoms with E-state index in [1.54, 1.807) is 19.9 Å². The second-order valence-electron chi connectivity index (χ2n) is 7.47. The average Bonchev–Trinajstić information content (AvgIpc) is 2.79. The number of carbonyl (C=O) groups is 4. The first-order valence-electron chi connectivity index (χ1n) is 11.3. The molecule has 0 bridgehead atoms. The minimum atomic E-state index is -1.78. The first kappa shape index (κ1) is 33.0. The number of aliphatic carboxylic acids is 2. The number of esters is 2. The topological polar surface area (TPSA) is 127 Å². The van der Waals surface area contributed by atoms with Gasteiger partial charge in [-0.3, -0.25) is 19.2 Å². The number of ether oxygens (including phenoxy) is 2. The number of carbonyl (C=O) groups excluding carboxylic acids is 2. The molecule has 0 heterocycles. The van der Waals surface area contributed by atoms with E-state index in [4.69, 9.17) is 19.7 Å². The van der Waals surface area contributed by atoms with Gasteiger partial charge in [-0.1, -0.05) is 43.7 Å². The summed E-state index contributed by atoms with van der Waals surface area (Å²) in [6, 6.07) is 0. The Labute approximate surface area is 203 Å². The molecule has 0 aliphatic heterocycles. The average molecular weight is 481 g/mol. The van der Waals surface area contributed by atoms with E-state index in [9.17, 15) is 19.2 Å². The van der Waals surface area contributed by atoms with Crippen LogP contribution in [0.3, 0.4) is 0 Å². The first-order valence-corrected chi connectivity index (χ1v) is 11.3. The van der Waals surface area contributed by atoms with Crippen LogP contribution in [0, 0.1) is 10.8 Å². The Morgan fingerprint density at radius 1 is 0.676 bits per heavy atom. The van der Waals surface area contributed by atoms with Gasteiger partial charge in [0.15, 0.2) is 10.8 Å². The highest BCUT2D eigenvalue weighted by Gasteiger charge is 2.47. The lowest BCUT2D eigenvalue weighted by atomic mass is 9.80. The molecule has 0 rings (SSSR count). The van der Waals surface area contributed by atoms with Gasteiger partial charge in [0, 0.05) is 0 Å². The van der Waals surface area contributed by atoms with Crippen LogP contribution >= 0.6 is 0 Å². The van der Waals surface area contributed by atoms with Crippen LogP contribution in [-0.4, -0.2) is 47.3 Å². The van der Waals surface area contributed by atoms with E-state index in [-0.39, 0.29) is 38.9 Å². The number of carboxylic acid groups (broad SMARTS) is 2. The van der Waals surface area contributed by atoms with Crippen molar-refractivity contribution in [3.05, 3.63) is 49.6 Å². The van der Waals surface area contributed by atoms with Crippen molar-refractivity contribution < 1.29 is 38.9 Å². The van der Waals surface area contributed by atoms with Crippen molar-refractivity contribution in [3.8, 4) is 0 Å². The predicted octanol–water partition coefficient (Wildman–Crippen LogP) is 5.11. The fourth-order valence-corrected chi connectivity index (χ4v) is 3.16. The molecule has 2 N–H and O–H groups in total. The molecule has 0 aromatic rings. The lowest BCUT2D eigenvalue weighted by Crippen LogP contribution is -2.41. The van der Waals surface area contributed by atoms with Crippen molar-refractivity contribution in [1.82, 2.24) is 0 Å². The van der Waals surface area contributed by atoms with E-state index >= 15 is 0 Å². The van der Waals surface area contributed by atoms with E-state index in [0.29, 0.717) is 0 Å². The number of carboxylic acids is 2. The van der Waals surface area contributed by atoms with Gasteiger partial charge in [0.05, 0.1) is 13.2 Å². The van der Waals surface area contributed by atoms with E-state index < -0.39 is 34.7 Å². The molecule has 192 valence electrons. The fraction of sp³-hybridized carbons (Fsp3) is 0.538. The monoisotopic (exact) mass is 480 g/mol. The van der Waals surface area contributed by atoms with Crippen molar-refractivity contribution in [3.63, 3.8) is 0 Å². The molecule has 0 aliphatic rings. The van der Waals surface area contributed by atoms with Crippen LogP contribution in [0.2, 0.25) is 0 Å². The molecular weight excluding hydrogens is 440 g/mol. The normalized spacial score (nSPS) is 10.6. The van der Waals surface area contributed by atoms with Gasteiger partial charge >= 0.3 is 23.9 Å². The molecular formula is C26H40O8. The van der Waals surface area contributed by atoms with Crippen LogP contribution in [-0.2, 0) is 28.7 Å². The molecule has 0 unspecified atom stereocenters. The summed E-state index contributed by atoms with van der Waals surface area (Å²) in [6.45, 7) is 18.3. The summed E-state index contributed by atoms with van der Waals surface area (Å²) >= 11 is 0. The van der Waals surface area contributed by atoms with Crippen LogP contribution in [0.1, 0.15) is 66.2 Å². The molecule has 0 saturated heterocycles. The van der Waals surface area contributed by atoms with Gasteiger partial charge in [-0.2, -0.15) is 0 Å². The Hall–Kier alpha value is -3.16. The van der Waals surface area contributed by atoms with Crippen molar-refractivity contribution in [2.75, 3.05) is 13.2 Å². The zero-order valence-corrected chi connectivity index (χ0v) is 20.9. The third-order valence-electron chi connectivity index (χ3n) is 5.28. The third-order valence-corrected chi connectivity index (χ3v) is 5.28. The van der Waals surface area contributed by atoms with Gasteiger partial charge in [0.25, 0.3) is 0 Å². The van der Waals surface area contributed by atoms with Crippen LogP contribution < -0.4 is 0 Å². The summed E-state index contributed by atoms with van der Waals surface area (Å²) in [7, 11) is 0. The summed E-state index contributed by atoms with van der Waals surface area (Å²) in [5.74, 6) is -3.79. The standard InChI is InChI=1S/2C13H20O4/c1-5-9-13(10-6-2,11(14)16-7-3)12(15)17-8-4;1-4-8-13(11(14)15,12(16)17)9-7-10(5-2)6-3/h5-6H,1-2,7-10H2,3-4H3;4,7H,1,5-6,8-9H2,2-3H3,(H,14,15)(H,16,17). The molecule has 0 aromatic carbocycles. The minimum Gasteiger partial charge on any atom is -0.480 e. The highest BCUT2D eigenvalue weighted by atomic mass is 16.6. The van der Waals surface area contributed by atoms with Crippen molar-refractivity contribution in [2.24, 2.45) is 10.8 Å². The summed E-state index contributed by atoms with van der Waals surface area (Å²) < 4.78 is 9.89. The molecule has 0 spiro atoms. The number of hydrogen-bond acceptors (Lipinski definition) is 6. The summed E-state index contributed by atoms with van der Waals surface area (Å²) in [5.41, 5.74) is -2.05. The molecule has 0 aliphatic carbocycles. The molecule has 8 nitrogen and oxygen atoms in total. The maximum Gasteiger partial charge on any atom is 0.324 e. The number of rotatable bonds is 16. The molecule has 0 amide bonds. The van der Waals surface area contributed by atoms with Gasteiger partial charge in [-0.15, -0.1) is 19.7 Å². The Morgan fingerprint density at radius 3 is 1.29 bits per heavy atom. The molecule has 0 atom stereocenters. The van der Waals surface area contributed by atoms with Crippen LogP contribution in [0.15, 0.2) is 49.6 Å². The SMILES string of the molecule is C=CCC(CC=C(CC)CC)(C(=O)O)C(=O)O.C=CCC(CC=C)(C(=O)OCC)C(=O)OCC. The quantitative estimate of drug-likeness (QED) is 0.177. The van der Waals surface area contributed by atoms with Crippen molar-refractivity contribution >= 4 is 23.9 Å².